The fourth-order valence-electron chi connectivity index (χ4n) is 1.90. The molecule has 0 saturated carbocycles. The number of hydrogen-bond donors (Lipinski definition) is 1. The highest BCUT2D eigenvalue weighted by Crippen LogP contribution is 2.30. The second-order valence-electron chi connectivity index (χ2n) is 4.36. The Bertz CT molecular complexity index is 773. The molecule has 0 unspecified atom stereocenters. The molecule has 3 aromatic rings. The summed E-state index contributed by atoms with van der Waals surface area (Å²) in [6, 6.07) is 5.76. The van der Waals surface area contributed by atoms with Gasteiger partial charge in [-0.2, -0.15) is 0 Å². The van der Waals surface area contributed by atoms with E-state index in [1.165, 1.54) is 0 Å². The van der Waals surface area contributed by atoms with E-state index < -0.39 is 5.76 Å². The molecule has 4 nitrogen and oxygen atoms in total. The number of fused-ring (bicyclic) bond motifs is 2. The summed E-state index contributed by atoms with van der Waals surface area (Å²) in [5.74, 6) is -0.434. The Morgan fingerprint density at radius 3 is 3.00 bits per heavy atom. The highest BCUT2D eigenvalue weighted by Gasteiger charge is 2.10. The number of hydrogen-bond acceptors (Lipinski definition) is 4. The Morgan fingerprint density at radius 2 is 2.22 bits per heavy atom. The van der Waals surface area contributed by atoms with Crippen LogP contribution in [-0.2, 0) is 0 Å². The molecule has 1 N–H and O–H groups in total. The van der Waals surface area contributed by atoms with Gasteiger partial charge in [0.2, 0.25) is 0 Å². The third-order valence-corrected chi connectivity index (χ3v) is 3.64. The summed E-state index contributed by atoms with van der Waals surface area (Å²) in [7, 11) is 0. The normalized spacial score (nSPS) is 11.7. The van der Waals surface area contributed by atoms with Crippen LogP contribution in [0.15, 0.2) is 38.6 Å². The highest BCUT2D eigenvalue weighted by atomic mass is 32.2. The van der Waals surface area contributed by atoms with E-state index in [1.54, 1.807) is 18.0 Å². The first-order valence-electron chi connectivity index (χ1n) is 5.72. The molecule has 0 saturated heterocycles. The summed E-state index contributed by atoms with van der Waals surface area (Å²) in [5.41, 5.74) is 1.42. The quantitative estimate of drug-likeness (QED) is 0.719. The average Bonchev–Trinajstić information content (AvgIpc) is 2.72. The van der Waals surface area contributed by atoms with Crippen LogP contribution < -0.4 is 5.76 Å². The van der Waals surface area contributed by atoms with E-state index in [1.807, 2.05) is 18.2 Å². The van der Waals surface area contributed by atoms with Gasteiger partial charge in [-0.25, -0.2) is 4.79 Å². The predicted molar refractivity (Wildman–Crippen MR) is 73.1 cm³/mol. The number of nitrogens with zero attached hydrogens (tertiary/aromatic N) is 1. The van der Waals surface area contributed by atoms with E-state index in [9.17, 15) is 4.79 Å². The third-order valence-electron chi connectivity index (χ3n) is 2.61. The van der Waals surface area contributed by atoms with Crippen molar-refractivity contribution in [2.24, 2.45) is 0 Å². The summed E-state index contributed by atoms with van der Waals surface area (Å²) < 4.78 is 5.20. The minimum absolute atomic E-state index is 0.389. The molecule has 0 spiro atoms. The molecule has 0 aliphatic carbocycles. The van der Waals surface area contributed by atoms with Crippen molar-refractivity contribution in [3.63, 3.8) is 0 Å². The Morgan fingerprint density at radius 1 is 1.39 bits per heavy atom. The molecule has 0 amide bonds. The Balaban J connectivity index is 2.35. The molecule has 3 rings (SSSR count). The number of rotatable bonds is 2. The summed E-state index contributed by atoms with van der Waals surface area (Å²) in [5, 5.41) is 3.21. The van der Waals surface area contributed by atoms with Gasteiger partial charge in [-0.15, -0.1) is 11.8 Å². The molecular formula is C13H12N2O2S. The summed E-state index contributed by atoms with van der Waals surface area (Å²) in [6.45, 7) is 4.17. The van der Waals surface area contributed by atoms with E-state index in [4.69, 9.17) is 4.42 Å². The lowest BCUT2D eigenvalue weighted by atomic mass is 10.2. The van der Waals surface area contributed by atoms with Crippen molar-refractivity contribution in [1.29, 1.82) is 0 Å². The van der Waals surface area contributed by atoms with Crippen LogP contribution in [0.3, 0.4) is 0 Å². The van der Waals surface area contributed by atoms with Crippen molar-refractivity contribution in [2.75, 3.05) is 0 Å². The fraction of sp³-hybridized carbons (Fsp3) is 0.231. The molecule has 92 valence electrons. The lowest BCUT2D eigenvalue weighted by Crippen LogP contribution is -2.06. The van der Waals surface area contributed by atoms with Crippen LogP contribution in [-0.4, -0.2) is 15.2 Å². The topological polar surface area (TPSA) is 58.9 Å². The Labute approximate surface area is 107 Å². The van der Waals surface area contributed by atoms with E-state index in [2.05, 4.69) is 23.8 Å². The second-order valence-corrected chi connectivity index (χ2v) is 5.95. The maximum atomic E-state index is 11.5. The minimum atomic E-state index is -0.434. The molecule has 1 aromatic carbocycles. The number of thioether (sulfide) groups is 1. The molecule has 0 aliphatic rings. The van der Waals surface area contributed by atoms with Gasteiger partial charge in [0.25, 0.3) is 0 Å². The fourth-order valence-corrected chi connectivity index (χ4v) is 2.81. The molecule has 0 radical (unpaired) electrons. The predicted octanol–water partition coefficient (Wildman–Crippen LogP) is 3.17. The smallest absolute Gasteiger partial charge is 0.409 e. The van der Waals surface area contributed by atoms with E-state index in [0.29, 0.717) is 10.8 Å². The van der Waals surface area contributed by atoms with Crippen molar-refractivity contribution in [3.8, 4) is 0 Å². The molecule has 0 fully saturated rings. The van der Waals surface area contributed by atoms with Crippen LogP contribution in [0.4, 0.5) is 0 Å². The van der Waals surface area contributed by atoms with Crippen molar-refractivity contribution in [3.05, 3.63) is 34.9 Å². The number of nitrogens with one attached hydrogen (secondary N) is 1. The number of aromatic nitrogens is 2. The van der Waals surface area contributed by atoms with E-state index in [0.717, 1.165) is 21.3 Å². The van der Waals surface area contributed by atoms with Crippen LogP contribution in [0, 0.1) is 0 Å². The van der Waals surface area contributed by atoms with Crippen LogP contribution in [0.5, 0.6) is 0 Å². The maximum absolute atomic E-state index is 11.5. The monoisotopic (exact) mass is 260 g/mol. The molecule has 0 atom stereocenters. The first kappa shape index (κ1) is 11.3. The zero-order valence-electron chi connectivity index (χ0n) is 10.1. The third kappa shape index (κ3) is 1.90. The lowest BCUT2D eigenvalue weighted by Gasteiger charge is -2.07. The van der Waals surface area contributed by atoms with Gasteiger partial charge in [0.1, 0.15) is 5.58 Å². The second kappa shape index (κ2) is 4.17. The summed E-state index contributed by atoms with van der Waals surface area (Å²) in [6.07, 6.45) is 1.75. The maximum Gasteiger partial charge on any atom is 0.417 e. The van der Waals surface area contributed by atoms with Gasteiger partial charge < -0.3 is 4.42 Å². The number of benzene rings is 1. The molecule has 0 bridgehead atoms. The van der Waals surface area contributed by atoms with E-state index >= 15 is 0 Å². The molecule has 18 heavy (non-hydrogen) atoms. The Hall–Kier alpha value is -1.75. The van der Waals surface area contributed by atoms with Crippen LogP contribution in [0.1, 0.15) is 13.8 Å². The van der Waals surface area contributed by atoms with Gasteiger partial charge in [0.15, 0.2) is 0 Å². The minimum Gasteiger partial charge on any atom is -0.409 e. The zero-order chi connectivity index (χ0) is 12.7. The lowest BCUT2D eigenvalue weighted by molar-refractivity contribution is 0.522. The average molecular weight is 260 g/mol. The Kier molecular flexibility index (Phi) is 2.63. The van der Waals surface area contributed by atoms with Gasteiger partial charge in [0, 0.05) is 28.3 Å². The molecule has 2 heterocycles. The zero-order valence-corrected chi connectivity index (χ0v) is 10.9. The van der Waals surface area contributed by atoms with Gasteiger partial charge >= 0.3 is 5.76 Å². The van der Waals surface area contributed by atoms with Crippen molar-refractivity contribution < 1.29 is 4.42 Å². The standard InChI is InChI=1S/C13H12N2O2S/c1-7(2)18-12-9-5-8-3-4-14-10(8)6-11(9)17-13(16)15-12/h3-7H,1-2H3,(H,15,16). The van der Waals surface area contributed by atoms with Gasteiger partial charge in [0.05, 0.1) is 10.5 Å². The number of H-pyrrole nitrogens is 1. The van der Waals surface area contributed by atoms with Crippen molar-refractivity contribution >= 4 is 33.6 Å². The first-order chi connectivity index (χ1) is 8.63. The first-order valence-corrected chi connectivity index (χ1v) is 6.60. The highest BCUT2D eigenvalue weighted by molar-refractivity contribution is 8.00. The largest absolute Gasteiger partial charge is 0.417 e. The SMILES string of the molecule is CC(C)Sc1[nH]c(=O)oc2cc3nccc3cc12. The summed E-state index contributed by atoms with van der Waals surface area (Å²) >= 11 is 1.62. The van der Waals surface area contributed by atoms with E-state index in [-0.39, 0.29) is 0 Å². The molecular weight excluding hydrogens is 248 g/mol. The summed E-state index contributed by atoms with van der Waals surface area (Å²) in [4.78, 5) is 18.5. The van der Waals surface area contributed by atoms with Gasteiger partial charge in [-0.3, -0.25) is 9.97 Å². The molecule has 5 heteroatoms. The van der Waals surface area contributed by atoms with Crippen molar-refractivity contribution in [1.82, 2.24) is 9.97 Å². The van der Waals surface area contributed by atoms with Crippen molar-refractivity contribution in [2.45, 2.75) is 24.1 Å². The van der Waals surface area contributed by atoms with Gasteiger partial charge in [-0.05, 0) is 12.1 Å². The molecule has 0 aliphatic heterocycles. The number of aromatic amines is 1. The van der Waals surface area contributed by atoms with Gasteiger partial charge in [-0.1, -0.05) is 13.8 Å². The van der Waals surface area contributed by atoms with Crippen LogP contribution in [0.25, 0.3) is 21.9 Å². The molecule has 2 aromatic heterocycles. The van der Waals surface area contributed by atoms with Crippen LogP contribution >= 0.6 is 11.8 Å². The van der Waals surface area contributed by atoms with Crippen LogP contribution in [0.2, 0.25) is 0 Å².